The van der Waals surface area contributed by atoms with E-state index in [-0.39, 0.29) is 87.3 Å². The Morgan fingerprint density at radius 3 is 2.46 bits per heavy atom. The number of carbonyl (C=O) groups is 1. The monoisotopic (exact) mass is 581 g/mol. The molecule has 4 atom stereocenters. The molecule has 2 aromatic rings. The number of carbonyl (C=O) groups excluding carboxylic acids is 1. The van der Waals surface area contributed by atoms with Gasteiger partial charge in [-0.05, 0) is 72.4 Å². The maximum Gasteiger partial charge on any atom is 1.00 e. The quantitative estimate of drug-likeness (QED) is 0.446. The van der Waals surface area contributed by atoms with Crippen LogP contribution in [0.2, 0.25) is 0 Å². The molecule has 2 fully saturated rings. The molecule has 2 aliphatic carbocycles. The van der Waals surface area contributed by atoms with Crippen molar-refractivity contribution in [1.29, 1.82) is 0 Å². The molecule has 39 heavy (non-hydrogen) atoms. The predicted molar refractivity (Wildman–Crippen MR) is 135 cm³/mol. The van der Waals surface area contributed by atoms with Gasteiger partial charge in [0.1, 0.15) is 10.7 Å². The summed E-state index contributed by atoms with van der Waals surface area (Å²) in [5.74, 6) is -2.25. The standard InChI is InChI=1S/C26H26FN3O6S2.Na/c1-37(33,34)13-15-4-9-19-20(10-15)38(35,36)29-25(28-19)22-24(31)21-16-5-6-17(11-16)23(21)30(26(22)32)12-14-2-7-18(27)8-3-14;/h2-4,7-10,16-17,21,23,31H,5-6,11-13H2,1H3,(H,28,29);/q;+1/p-1/t16-,17+,21?,23?;/m1./s1. The normalized spacial score (nSPS) is 26.9. The molecule has 13 heteroatoms. The fraction of sp³-hybridized carbons (Fsp3) is 0.385. The van der Waals surface area contributed by atoms with Crippen LogP contribution in [0.4, 0.5) is 10.1 Å². The molecular weight excluding hydrogens is 556 g/mol. The summed E-state index contributed by atoms with van der Waals surface area (Å²) in [7, 11) is -7.74. The van der Waals surface area contributed by atoms with Crippen LogP contribution in [-0.2, 0) is 37.0 Å². The van der Waals surface area contributed by atoms with E-state index in [1.807, 2.05) is 0 Å². The molecule has 0 saturated heterocycles. The SMILES string of the molecule is CS(=O)(=O)Cc1ccc2c(c1)S(=O)(=O)N=C(C1=C([O-])C3C([C@H]4CC[C@@H]3C4)N(Cc3ccc(F)cc3)C1=O)N2.[Na+]. The summed E-state index contributed by atoms with van der Waals surface area (Å²) in [6, 6.07) is 9.64. The number of anilines is 1. The van der Waals surface area contributed by atoms with Gasteiger partial charge in [-0.1, -0.05) is 18.2 Å². The van der Waals surface area contributed by atoms with Gasteiger partial charge in [0.25, 0.3) is 15.9 Å². The molecule has 0 spiro atoms. The van der Waals surface area contributed by atoms with Gasteiger partial charge in [0.15, 0.2) is 15.7 Å². The second-order valence-electron chi connectivity index (χ2n) is 10.6. The van der Waals surface area contributed by atoms with Gasteiger partial charge >= 0.3 is 29.6 Å². The van der Waals surface area contributed by atoms with Crippen molar-refractivity contribution in [1.82, 2.24) is 4.90 Å². The average molecular weight is 582 g/mol. The molecule has 2 aromatic carbocycles. The first-order valence-electron chi connectivity index (χ1n) is 12.3. The Labute approximate surface area is 248 Å². The van der Waals surface area contributed by atoms with Crippen LogP contribution in [0, 0.1) is 23.6 Å². The van der Waals surface area contributed by atoms with Crippen molar-refractivity contribution in [3.05, 3.63) is 70.7 Å². The van der Waals surface area contributed by atoms with E-state index in [0.717, 1.165) is 25.5 Å². The number of sulfonamides is 1. The molecule has 6 rings (SSSR count). The van der Waals surface area contributed by atoms with Crippen molar-refractivity contribution in [2.75, 3.05) is 11.6 Å². The van der Waals surface area contributed by atoms with Crippen LogP contribution in [0.25, 0.3) is 0 Å². The molecule has 2 heterocycles. The minimum absolute atomic E-state index is 0. The third-order valence-electron chi connectivity index (χ3n) is 7.98. The zero-order valence-corrected chi connectivity index (χ0v) is 25.1. The first-order chi connectivity index (χ1) is 17.9. The molecule has 2 aliphatic heterocycles. The van der Waals surface area contributed by atoms with Crippen molar-refractivity contribution in [3.8, 4) is 0 Å². The summed E-state index contributed by atoms with van der Waals surface area (Å²) in [5.41, 5.74) is 0.795. The summed E-state index contributed by atoms with van der Waals surface area (Å²) in [4.78, 5) is 15.3. The molecule has 1 N–H and O–H groups in total. The molecule has 4 aliphatic rings. The Balaban J connectivity index is 0.00000308. The Morgan fingerprint density at radius 1 is 1.10 bits per heavy atom. The van der Waals surface area contributed by atoms with Crippen LogP contribution in [0.5, 0.6) is 0 Å². The van der Waals surface area contributed by atoms with Gasteiger partial charge in [-0.3, -0.25) is 4.79 Å². The smallest absolute Gasteiger partial charge is 0.875 e. The fourth-order valence-corrected chi connectivity index (χ4v) is 8.47. The number of sulfone groups is 1. The fourth-order valence-electron chi connectivity index (χ4n) is 6.52. The number of benzene rings is 2. The molecular formula is C26H25FN3NaO6S2. The Kier molecular flexibility index (Phi) is 7.24. The van der Waals surface area contributed by atoms with Gasteiger partial charge in [0.05, 0.1) is 17.0 Å². The molecule has 1 amide bonds. The minimum Gasteiger partial charge on any atom is -0.875 e. The summed E-state index contributed by atoms with van der Waals surface area (Å²) in [6.07, 6.45) is 3.66. The van der Waals surface area contributed by atoms with Gasteiger partial charge in [0.2, 0.25) is 0 Å². The van der Waals surface area contributed by atoms with Crippen LogP contribution in [0.3, 0.4) is 0 Å². The van der Waals surface area contributed by atoms with Gasteiger partial charge < -0.3 is 15.3 Å². The molecule has 2 saturated carbocycles. The molecule has 2 bridgehead atoms. The Morgan fingerprint density at radius 2 is 1.77 bits per heavy atom. The summed E-state index contributed by atoms with van der Waals surface area (Å²) in [5, 5.41) is 16.6. The molecule has 200 valence electrons. The molecule has 2 unspecified atom stereocenters. The number of rotatable bonds is 5. The largest absolute Gasteiger partial charge is 1.00 e. The second kappa shape index (κ2) is 9.99. The van der Waals surface area contributed by atoms with Gasteiger partial charge in [0, 0.05) is 18.8 Å². The number of nitrogens with zero attached hydrogens (tertiary/aromatic N) is 2. The average Bonchev–Trinajstić information content (AvgIpc) is 3.45. The van der Waals surface area contributed by atoms with Crippen molar-refractivity contribution in [2.24, 2.45) is 22.2 Å². The van der Waals surface area contributed by atoms with Crippen molar-refractivity contribution in [3.63, 3.8) is 0 Å². The van der Waals surface area contributed by atoms with E-state index < -0.39 is 43.3 Å². The van der Waals surface area contributed by atoms with Crippen LogP contribution >= 0.6 is 0 Å². The number of halogens is 1. The van der Waals surface area contributed by atoms with Gasteiger partial charge in [-0.15, -0.1) is 10.2 Å². The van der Waals surface area contributed by atoms with Crippen LogP contribution in [0.15, 0.2) is 63.1 Å². The van der Waals surface area contributed by atoms with E-state index in [1.54, 1.807) is 17.0 Å². The third kappa shape index (κ3) is 5.06. The summed E-state index contributed by atoms with van der Waals surface area (Å²) in [6.45, 7) is 0.158. The Hall–Kier alpha value is -2.25. The number of amidine groups is 1. The zero-order chi connectivity index (χ0) is 27.0. The van der Waals surface area contributed by atoms with E-state index in [0.29, 0.717) is 5.56 Å². The van der Waals surface area contributed by atoms with E-state index >= 15 is 0 Å². The second-order valence-corrected chi connectivity index (χ2v) is 14.3. The first-order valence-corrected chi connectivity index (χ1v) is 15.8. The van der Waals surface area contributed by atoms with Crippen LogP contribution in [0.1, 0.15) is 30.4 Å². The zero-order valence-electron chi connectivity index (χ0n) is 21.4. The molecule has 0 radical (unpaired) electrons. The number of hydrogen-bond acceptors (Lipinski definition) is 7. The number of nitrogens with one attached hydrogen (secondary N) is 1. The Bertz CT molecular complexity index is 1640. The number of amides is 1. The third-order valence-corrected chi connectivity index (χ3v) is 10.2. The molecule has 0 aromatic heterocycles. The minimum atomic E-state index is -4.33. The first kappa shape index (κ1) is 28.3. The maximum atomic E-state index is 13.9. The van der Waals surface area contributed by atoms with Crippen molar-refractivity contribution >= 4 is 37.3 Å². The van der Waals surface area contributed by atoms with E-state index in [2.05, 4.69) is 9.71 Å². The summed E-state index contributed by atoms with van der Waals surface area (Å²) < 4.78 is 67.0. The van der Waals surface area contributed by atoms with Crippen molar-refractivity contribution in [2.45, 2.75) is 42.5 Å². The van der Waals surface area contributed by atoms with E-state index in [9.17, 15) is 31.1 Å². The van der Waals surface area contributed by atoms with Gasteiger partial charge in [-0.2, -0.15) is 8.42 Å². The maximum absolute atomic E-state index is 13.9. The van der Waals surface area contributed by atoms with E-state index in [1.165, 1.54) is 30.3 Å². The van der Waals surface area contributed by atoms with Gasteiger partial charge in [-0.25, -0.2) is 12.8 Å². The van der Waals surface area contributed by atoms with Crippen LogP contribution < -0.4 is 40.0 Å². The molecule has 9 nitrogen and oxygen atoms in total. The van der Waals surface area contributed by atoms with E-state index in [4.69, 9.17) is 0 Å². The number of hydrogen-bond donors (Lipinski definition) is 1. The summed E-state index contributed by atoms with van der Waals surface area (Å²) >= 11 is 0. The predicted octanol–water partition coefficient (Wildman–Crippen LogP) is -1.04. The van der Waals surface area contributed by atoms with Crippen LogP contribution in [-0.4, -0.2) is 45.8 Å². The van der Waals surface area contributed by atoms with Crippen molar-refractivity contribution < 1.29 is 60.7 Å². The topological polar surface area (TPSA) is 136 Å². The number of fused-ring (bicyclic) bond motifs is 6.